The third kappa shape index (κ3) is 6.86. The molecule has 30 heavy (non-hydrogen) atoms. The number of hydrogen-bond donors (Lipinski definition) is 2. The predicted molar refractivity (Wildman–Crippen MR) is 128 cm³/mol. The molecule has 12 heteroatoms. The summed E-state index contributed by atoms with van der Waals surface area (Å²) in [7, 11) is 2.07. The lowest BCUT2D eigenvalue weighted by molar-refractivity contribution is -0.384. The first-order valence-corrected chi connectivity index (χ1v) is 10.8. The second-order valence-corrected chi connectivity index (χ2v) is 8.59. The third-order valence-electron chi connectivity index (χ3n) is 4.34. The van der Waals surface area contributed by atoms with Crippen LogP contribution in [-0.4, -0.2) is 62.2 Å². The molecule has 0 bridgehead atoms. The van der Waals surface area contributed by atoms with E-state index < -0.39 is 14.8 Å². The summed E-state index contributed by atoms with van der Waals surface area (Å²) < 4.78 is 25.3. The SMILES string of the molecule is CN=C(NCCNc1ccc(S(C)(=O)=O)cc1[N+](=O)[O-])N(C)Cc1cccn1C.I. The molecule has 0 fully saturated rings. The van der Waals surface area contributed by atoms with Gasteiger partial charge >= 0.3 is 0 Å². The Morgan fingerprint density at radius 3 is 2.53 bits per heavy atom. The highest BCUT2D eigenvalue weighted by Crippen LogP contribution is 2.27. The average Bonchev–Trinajstić information content (AvgIpc) is 3.05. The number of aromatic nitrogens is 1. The van der Waals surface area contributed by atoms with Gasteiger partial charge in [-0.2, -0.15) is 0 Å². The summed E-state index contributed by atoms with van der Waals surface area (Å²) in [4.78, 5) is 16.8. The number of nitro groups is 1. The molecule has 0 radical (unpaired) electrons. The molecule has 1 heterocycles. The number of rotatable bonds is 8. The standard InChI is InChI=1S/C18H26N6O4S.HI/c1-19-18(23(3)13-14-6-5-11-22(14)2)21-10-9-20-16-8-7-15(29(4,27)28)12-17(16)24(25)26;/h5-8,11-12,20H,9-10,13H2,1-4H3,(H,19,21);1H. The fraction of sp³-hybridized carbons (Fsp3) is 0.389. The molecule has 0 aliphatic heterocycles. The Hall–Kier alpha value is -2.35. The van der Waals surface area contributed by atoms with Crippen molar-refractivity contribution in [1.29, 1.82) is 0 Å². The molecular formula is C18H27IN6O4S. The van der Waals surface area contributed by atoms with Crippen LogP contribution in [0, 0.1) is 10.1 Å². The summed E-state index contributed by atoms with van der Waals surface area (Å²) in [5, 5.41) is 17.4. The Morgan fingerprint density at radius 1 is 1.30 bits per heavy atom. The Kier molecular flexibility index (Phi) is 9.55. The van der Waals surface area contributed by atoms with Gasteiger partial charge in [0.25, 0.3) is 5.69 Å². The van der Waals surface area contributed by atoms with Crippen molar-refractivity contribution >= 4 is 51.1 Å². The van der Waals surface area contributed by atoms with E-state index in [1.807, 2.05) is 41.9 Å². The van der Waals surface area contributed by atoms with Crippen LogP contribution in [0.1, 0.15) is 5.69 Å². The summed E-state index contributed by atoms with van der Waals surface area (Å²) in [6.45, 7) is 1.53. The summed E-state index contributed by atoms with van der Waals surface area (Å²) in [5.74, 6) is 0.690. The Bertz CT molecular complexity index is 1010. The minimum absolute atomic E-state index is 0. The number of halogens is 1. The molecular weight excluding hydrogens is 523 g/mol. The molecule has 0 atom stereocenters. The summed E-state index contributed by atoms with van der Waals surface area (Å²) in [5.41, 5.74) is 1.12. The zero-order valence-corrected chi connectivity index (χ0v) is 20.5. The quantitative estimate of drug-likeness (QED) is 0.129. The van der Waals surface area contributed by atoms with E-state index in [9.17, 15) is 18.5 Å². The number of nitrogens with one attached hydrogen (secondary N) is 2. The van der Waals surface area contributed by atoms with Gasteiger partial charge < -0.3 is 20.1 Å². The molecule has 2 rings (SSSR count). The first kappa shape index (κ1) is 25.7. The van der Waals surface area contributed by atoms with Crippen LogP contribution in [0.25, 0.3) is 0 Å². The number of aliphatic imine (C=N–C) groups is 1. The van der Waals surface area contributed by atoms with Crippen molar-refractivity contribution in [2.75, 3.05) is 38.8 Å². The van der Waals surface area contributed by atoms with Crippen molar-refractivity contribution in [3.63, 3.8) is 0 Å². The van der Waals surface area contributed by atoms with Crippen molar-refractivity contribution in [2.45, 2.75) is 11.4 Å². The number of sulfone groups is 1. The largest absolute Gasteiger partial charge is 0.378 e. The molecule has 2 N–H and O–H groups in total. The van der Waals surface area contributed by atoms with Crippen LogP contribution in [0.3, 0.4) is 0 Å². The minimum atomic E-state index is -3.52. The smallest absolute Gasteiger partial charge is 0.293 e. The van der Waals surface area contributed by atoms with Crippen molar-refractivity contribution in [2.24, 2.45) is 12.0 Å². The molecule has 0 amide bonds. The van der Waals surface area contributed by atoms with Gasteiger partial charge in [-0.3, -0.25) is 15.1 Å². The maximum absolute atomic E-state index is 11.6. The molecule has 0 spiro atoms. The monoisotopic (exact) mass is 550 g/mol. The van der Waals surface area contributed by atoms with Crippen LogP contribution in [0.15, 0.2) is 46.4 Å². The fourth-order valence-corrected chi connectivity index (χ4v) is 3.42. The topological polar surface area (TPSA) is 122 Å². The third-order valence-corrected chi connectivity index (χ3v) is 5.45. The van der Waals surface area contributed by atoms with Crippen molar-refractivity contribution < 1.29 is 13.3 Å². The molecule has 166 valence electrons. The van der Waals surface area contributed by atoms with Gasteiger partial charge in [0.2, 0.25) is 0 Å². The van der Waals surface area contributed by atoms with Crippen molar-refractivity contribution in [3.05, 3.63) is 52.3 Å². The van der Waals surface area contributed by atoms with E-state index >= 15 is 0 Å². The number of anilines is 1. The van der Waals surface area contributed by atoms with E-state index in [2.05, 4.69) is 15.6 Å². The van der Waals surface area contributed by atoms with Gasteiger partial charge in [0.05, 0.1) is 16.4 Å². The Labute approximate surface area is 193 Å². The number of hydrogen-bond acceptors (Lipinski definition) is 6. The molecule has 10 nitrogen and oxygen atoms in total. The average molecular weight is 550 g/mol. The van der Waals surface area contributed by atoms with E-state index in [-0.39, 0.29) is 40.2 Å². The maximum Gasteiger partial charge on any atom is 0.293 e. The van der Waals surface area contributed by atoms with Crippen molar-refractivity contribution in [1.82, 2.24) is 14.8 Å². The molecule has 2 aromatic rings. The van der Waals surface area contributed by atoms with E-state index in [1.54, 1.807) is 7.05 Å². The molecule has 1 aromatic carbocycles. The highest BCUT2D eigenvalue weighted by atomic mass is 127. The van der Waals surface area contributed by atoms with Crippen molar-refractivity contribution in [3.8, 4) is 0 Å². The summed E-state index contributed by atoms with van der Waals surface area (Å²) >= 11 is 0. The predicted octanol–water partition coefficient (Wildman–Crippen LogP) is 2.07. The van der Waals surface area contributed by atoms with Gasteiger partial charge in [0.1, 0.15) is 5.69 Å². The summed E-state index contributed by atoms with van der Waals surface area (Å²) in [6, 6.07) is 7.84. The summed E-state index contributed by atoms with van der Waals surface area (Å²) in [6.07, 6.45) is 2.99. The second-order valence-electron chi connectivity index (χ2n) is 6.58. The van der Waals surface area contributed by atoms with Crippen LogP contribution < -0.4 is 10.6 Å². The Balaban J connectivity index is 0.00000450. The minimum Gasteiger partial charge on any atom is -0.378 e. The van der Waals surface area contributed by atoms with Gasteiger partial charge in [-0.25, -0.2) is 8.42 Å². The van der Waals surface area contributed by atoms with Gasteiger partial charge in [-0.05, 0) is 24.3 Å². The molecule has 0 saturated carbocycles. The lowest BCUT2D eigenvalue weighted by Crippen LogP contribution is -2.40. The number of benzene rings is 1. The highest BCUT2D eigenvalue weighted by molar-refractivity contribution is 14.0. The maximum atomic E-state index is 11.6. The van der Waals surface area contributed by atoms with Crippen LogP contribution in [0.4, 0.5) is 11.4 Å². The zero-order chi connectivity index (χ0) is 21.6. The van der Waals surface area contributed by atoms with Gasteiger partial charge in [0, 0.05) is 58.4 Å². The van der Waals surface area contributed by atoms with E-state index in [0.717, 1.165) is 18.0 Å². The molecule has 0 aliphatic rings. The lowest BCUT2D eigenvalue weighted by Gasteiger charge is -2.22. The van der Waals surface area contributed by atoms with E-state index in [0.29, 0.717) is 25.6 Å². The number of nitro benzene ring substituents is 1. The van der Waals surface area contributed by atoms with E-state index in [1.165, 1.54) is 12.1 Å². The first-order valence-electron chi connectivity index (χ1n) is 8.88. The molecule has 1 aromatic heterocycles. The number of guanidine groups is 1. The van der Waals surface area contributed by atoms with Crippen LogP contribution in [0.2, 0.25) is 0 Å². The van der Waals surface area contributed by atoms with E-state index in [4.69, 9.17) is 0 Å². The Morgan fingerprint density at radius 2 is 2.00 bits per heavy atom. The zero-order valence-electron chi connectivity index (χ0n) is 17.3. The van der Waals surface area contributed by atoms with Gasteiger partial charge in [0.15, 0.2) is 15.8 Å². The number of nitrogens with zero attached hydrogens (tertiary/aromatic N) is 4. The number of aryl methyl sites for hydroxylation is 1. The molecule has 0 aliphatic carbocycles. The molecule has 0 unspecified atom stereocenters. The van der Waals surface area contributed by atoms with Crippen LogP contribution in [-0.2, 0) is 23.4 Å². The van der Waals surface area contributed by atoms with Gasteiger partial charge in [-0.15, -0.1) is 24.0 Å². The first-order chi connectivity index (χ1) is 13.6. The normalized spacial score (nSPS) is 11.5. The lowest BCUT2D eigenvalue weighted by atomic mass is 10.2. The van der Waals surface area contributed by atoms with Crippen LogP contribution >= 0.6 is 24.0 Å². The van der Waals surface area contributed by atoms with Gasteiger partial charge in [-0.1, -0.05) is 0 Å². The molecule has 0 saturated heterocycles. The fourth-order valence-electron chi connectivity index (χ4n) is 2.78. The van der Waals surface area contributed by atoms with Crippen LogP contribution in [0.5, 0.6) is 0 Å². The second kappa shape index (κ2) is 11.2. The highest BCUT2D eigenvalue weighted by Gasteiger charge is 2.18.